The summed E-state index contributed by atoms with van der Waals surface area (Å²) in [5.74, 6) is 1.90. The highest BCUT2D eigenvalue weighted by atomic mass is 79.9. The molecule has 1 saturated carbocycles. The first-order valence-electron chi connectivity index (χ1n) is 5.32. The van der Waals surface area contributed by atoms with Gasteiger partial charge in [-0.1, -0.05) is 22.4 Å². The first-order chi connectivity index (χ1) is 6.81. The fourth-order valence-electron chi connectivity index (χ4n) is 2.17. The Hall–Kier alpha value is -0.380. The van der Waals surface area contributed by atoms with E-state index in [-0.39, 0.29) is 0 Å². The van der Waals surface area contributed by atoms with E-state index in [1.807, 2.05) is 4.68 Å². The minimum atomic E-state index is 0.685. The predicted molar refractivity (Wildman–Crippen MR) is 59.5 cm³/mol. The monoisotopic (exact) mass is 257 g/mol. The van der Waals surface area contributed by atoms with Crippen molar-refractivity contribution in [3.05, 3.63) is 12.2 Å². The molecule has 2 atom stereocenters. The summed E-state index contributed by atoms with van der Waals surface area (Å²) in [7, 11) is 0. The molecule has 0 saturated heterocycles. The van der Waals surface area contributed by atoms with Gasteiger partial charge in [0, 0.05) is 17.8 Å². The van der Waals surface area contributed by atoms with Crippen molar-refractivity contribution < 1.29 is 0 Å². The molecule has 0 aromatic carbocycles. The van der Waals surface area contributed by atoms with E-state index in [1.165, 1.54) is 19.3 Å². The molecule has 2 rings (SSSR count). The van der Waals surface area contributed by atoms with Crippen LogP contribution < -0.4 is 0 Å². The molecule has 1 heterocycles. The van der Waals surface area contributed by atoms with Gasteiger partial charge in [0.05, 0.1) is 0 Å². The fraction of sp³-hybridized carbons (Fsp3) is 0.800. The van der Waals surface area contributed by atoms with Crippen molar-refractivity contribution >= 4 is 15.9 Å². The Bertz CT molecular complexity index is 297. The third-order valence-electron chi connectivity index (χ3n) is 3.01. The van der Waals surface area contributed by atoms with E-state index in [9.17, 15) is 0 Å². The fourth-order valence-corrected chi connectivity index (χ4v) is 2.94. The molecule has 1 aliphatic rings. The van der Waals surface area contributed by atoms with Crippen molar-refractivity contribution in [3.63, 3.8) is 0 Å². The van der Waals surface area contributed by atoms with Crippen LogP contribution in [0.1, 0.15) is 32.0 Å². The number of alkyl halides is 1. The molecule has 0 radical (unpaired) electrons. The molecule has 14 heavy (non-hydrogen) atoms. The topological polar surface area (TPSA) is 30.7 Å². The minimum absolute atomic E-state index is 0.685. The Kier molecular flexibility index (Phi) is 3.21. The van der Waals surface area contributed by atoms with Gasteiger partial charge in [0.2, 0.25) is 0 Å². The van der Waals surface area contributed by atoms with Gasteiger partial charge >= 0.3 is 0 Å². The molecule has 4 heteroatoms. The normalized spacial score (nSPS) is 27.0. The Labute approximate surface area is 93.0 Å². The third kappa shape index (κ3) is 2.00. The number of aryl methyl sites for hydroxylation is 1. The van der Waals surface area contributed by atoms with Crippen molar-refractivity contribution in [1.82, 2.24) is 14.8 Å². The smallest absolute Gasteiger partial charge is 0.138 e. The van der Waals surface area contributed by atoms with Crippen LogP contribution >= 0.6 is 15.9 Å². The molecule has 0 N–H and O–H groups in total. The van der Waals surface area contributed by atoms with Crippen LogP contribution in [0.4, 0.5) is 0 Å². The maximum absolute atomic E-state index is 4.32. The van der Waals surface area contributed by atoms with E-state index in [4.69, 9.17) is 0 Å². The molecular weight excluding hydrogens is 242 g/mol. The summed E-state index contributed by atoms with van der Waals surface area (Å²) in [6.45, 7) is 3.04. The van der Waals surface area contributed by atoms with Gasteiger partial charge in [0.1, 0.15) is 12.2 Å². The molecule has 1 fully saturated rings. The first kappa shape index (κ1) is 10.1. The van der Waals surface area contributed by atoms with Crippen LogP contribution in [0.5, 0.6) is 0 Å². The van der Waals surface area contributed by atoms with Crippen LogP contribution in [0, 0.1) is 5.92 Å². The molecule has 1 aromatic rings. The quantitative estimate of drug-likeness (QED) is 0.779. The van der Waals surface area contributed by atoms with Gasteiger partial charge in [-0.05, 0) is 25.7 Å². The summed E-state index contributed by atoms with van der Waals surface area (Å²) in [5, 5.41) is 4.19. The molecule has 78 valence electrons. The minimum Gasteiger partial charge on any atom is -0.250 e. The molecule has 1 aromatic heterocycles. The summed E-state index contributed by atoms with van der Waals surface area (Å²) in [6, 6.07) is 0. The molecule has 3 nitrogen and oxygen atoms in total. The first-order valence-corrected chi connectivity index (χ1v) is 6.23. The van der Waals surface area contributed by atoms with Crippen LogP contribution in [0.25, 0.3) is 0 Å². The van der Waals surface area contributed by atoms with Crippen molar-refractivity contribution in [2.24, 2.45) is 5.92 Å². The van der Waals surface area contributed by atoms with E-state index >= 15 is 0 Å². The Morgan fingerprint density at radius 3 is 3.07 bits per heavy atom. The van der Waals surface area contributed by atoms with Gasteiger partial charge < -0.3 is 0 Å². The molecule has 2 unspecified atom stereocenters. The highest BCUT2D eigenvalue weighted by Crippen LogP contribution is 2.33. The maximum Gasteiger partial charge on any atom is 0.138 e. The van der Waals surface area contributed by atoms with Crippen LogP contribution in [0.3, 0.4) is 0 Å². The van der Waals surface area contributed by atoms with E-state index in [1.54, 1.807) is 6.33 Å². The molecule has 1 aliphatic carbocycles. The van der Waals surface area contributed by atoms with Crippen LogP contribution in [0.2, 0.25) is 0 Å². The number of hydrogen-bond acceptors (Lipinski definition) is 2. The van der Waals surface area contributed by atoms with Crippen LogP contribution in [-0.4, -0.2) is 19.6 Å². The van der Waals surface area contributed by atoms with E-state index in [2.05, 4.69) is 32.9 Å². The van der Waals surface area contributed by atoms with E-state index < -0.39 is 0 Å². The second kappa shape index (κ2) is 4.43. The lowest BCUT2D eigenvalue weighted by molar-refractivity contribution is 0.510. The lowest BCUT2D eigenvalue weighted by atomic mass is 10.0. The lowest BCUT2D eigenvalue weighted by Gasteiger charge is -2.13. The summed E-state index contributed by atoms with van der Waals surface area (Å²) in [6.07, 6.45) is 6.72. The Balaban J connectivity index is 2.02. The van der Waals surface area contributed by atoms with Gasteiger partial charge in [-0.3, -0.25) is 4.68 Å². The number of hydrogen-bond donors (Lipinski definition) is 0. The van der Waals surface area contributed by atoms with Crippen molar-refractivity contribution in [2.45, 2.75) is 44.0 Å². The zero-order chi connectivity index (χ0) is 9.97. The van der Waals surface area contributed by atoms with Gasteiger partial charge in [-0.2, -0.15) is 5.10 Å². The van der Waals surface area contributed by atoms with Crippen molar-refractivity contribution in [1.29, 1.82) is 0 Å². The largest absolute Gasteiger partial charge is 0.250 e. The zero-order valence-electron chi connectivity index (χ0n) is 8.49. The van der Waals surface area contributed by atoms with E-state index in [0.717, 1.165) is 24.7 Å². The molecule has 0 amide bonds. The van der Waals surface area contributed by atoms with Crippen LogP contribution in [-0.2, 0) is 13.0 Å². The summed E-state index contributed by atoms with van der Waals surface area (Å²) >= 11 is 3.74. The molecular formula is C10H16BrN3. The second-order valence-corrected chi connectivity index (χ2v) is 5.08. The van der Waals surface area contributed by atoms with Gasteiger partial charge in [-0.15, -0.1) is 0 Å². The third-order valence-corrected chi connectivity index (χ3v) is 4.21. The predicted octanol–water partition coefficient (Wildman–Crippen LogP) is 2.40. The average molecular weight is 258 g/mol. The van der Waals surface area contributed by atoms with Gasteiger partial charge in [0.25, 0.3) is 0 Å². The standard InChI is InChI=1S/C10H16BrN3/c1-2-14-10(12-7-13-14)6-8-4-3-5-9(8)11/h7-9H,2-6H2,1H3. The lowest BCUT2D eigenvalue weighted by Crippen LogP contribution is -2.14. The van der Waals surface area contributed by atoms with E-state index in [0.29, 0.717) is 4.83 Å². The maximum atomic E-state index is 4.32. The number of nitrogens with zero attached hydrogens (tertiary/aromatic N) is 3. The molecule has 0 spiro atoms. The number of halogens is 1. The molecule has 0 bridgehead atoms. The highest BCUT2D eigenvalue weighted by Gasteiger charge is 2.26. The zero-order valence-corrected chi connectivity index (χ0v) is 10.1. The van der Waals surface area contributed by atoms with Crippen LogP contribution in [0.15, 0.2) is 6.33 Å². The van der Waals surface area contributed by atoms with Gasteiger partial charge in [0.15, 0.2) is 0 Å². The number of aromatic nitrogens is 3. The molecule has 0 aliphatic heterocycles. The van der Waals surface area contributed by atoms with Gasteiger partial charge in [-0.25, -0.2) is 4.98 Å². The summed E-state index contributed by atoms with van der Waals surface area (Å²) in [5.41, 5.74) is 0. The summed E-state index contributed by atoms with van der Waals surface area (Å²) < 4.78 is 2.00. The van der Waals surface area contributed by atoms with Crippen molar-refractivity contribution in [2.75, 3.05) is 0 Å². The Morgan fingerprint density at radius 1 is 1.57 bits per heavy atom. The summed E-state index contributed by atoms with van der Waals surface area (Å²) in [4.78, 5) is 5.00. The van der Waals surface area contributed by atoms with Crippen molar-refractivity contribution in [3.8, 4) is 0 Å². The SMILES string of the molecule is CCn1ncnc1CC1CCCC1Br. The highest BCUT2D eigenvalue weighted by molar-refractivity contribution is 9.09. The number of rotatable bonds is 3. The average Bonchev–Trinajstić information content (AvgIpc) is 2.77. The Morgan fingerprint density at radius 2 is 2.43 bits per heavy atom. The second-order valence-electron chi connectivity index (χ2n) is 3.90.